The highest BCUT2D eigenvalue weighted by Gasteiger charge is 2.50. The molecule has 22 heavy (non-hydrogen) atoms. The van der Waals surface area contributed by atoms with E-state index in [1.54, 1.807) is 0 Å². The van der Waals surface area contributed by atoms with Crippen LogP contribution in [-0.4, -0.2) is 29.3 Å². The van der Waals surface area contributed by atoms with Crippen molar-refractivity contribution in [2.24, 2.45) is 11.8 Å². The van der Waals surface area contributed by atoms with Gasteiger partial charge in [0.05, 0.1) is 5.92 Å². The maximum Gasteiger partial charge on any atom is 0.311 e. The summed E-state index contributed by atoms with van der Waals surface area (Å²) in [5.41, 5.74) is -1.93. The molecule has 3 nitrogen and oxygen atoms in total. The van der Waals surface area contributed by atoms with Crippen molar-refractivity contribution in [1.82, 2.24) is 5.32 Å². The summed E-state index contributed by atoms with van der Waals surface area (Å²) < 4.78 is 20.7. The molecular weight excluding hydrogens is 281 g/mol. The van der Waals surface area contributed by atoms with Gasteiger partial charge in [-0.2, -0.15) is 0 Å². The summed E-state index contributed by atoms with van der Waals surface area (Å²) in [6.45, 7) is 10.4. The minimum atomic E-state index is -1.09. The van der Waals surface area contributed by atoms with Gasteiger partial charge in [0, 0.05) is 5.54 Å². The monoisotopic (exact) mass is 313 g/mol. The Morgan fingerprint density at radius 1 is 1.23 bits per heavy atom. The Bertz CT molecular complexity index is 408. The van der Waals surface area contributed by atoms with Crippen LogP contribution in [0.5, 0.6) is 0 Å². The van der Waals surface area contributed by atoms with Crippen molar-refractivity contribution in [3.8, 4) is 0 Å². The molecular formula is C18H32FNO2. The van der Waals surface area contributed by atoms with Gasteiger partial charge in [0.15, 0.2) is 0 Å². The molecule has 2 rings (SSSR count). The van der Waals surface area contributed by atoms with E-state index in [1.807, 2.05) is 34.6 Å². The lowest BCUT2D eigenvalue weighted by Crippen LogP contribution is -2.45. The molecule has 2 fully saturated rings. The molecule has 1 heterocycles. The number of rotatable bonds is 3. The topological polar surface area (TPSA) is 38.3 Å². The summed E-state index contributed by atoms with van der Waals surface area (Å²) in [6, 6.07) is 0. The second-order valence-electron chi connectivity index (χ2n) is 8.79. The molecule has 1 aliphatic carbocycles. The molecule has 0 aromatic rings. The van der Waals surface area contributed by atoms with Crippen molar-refractivity contribution < 1.29 is 13.9 Å². The normalized spacial score (nSPS) is 31.0. The van der Waals surface area contributed by atoms with E-state index in [0.717, 1.165) is 19.3 Å². The molecule has 4 heteroatoms. The first kappa shape index (κ1) is 17.7. The van der Waals surface area contributed by atoms with Gasteiger partial charge < -0.3 is 10.1 Å². The Morgan fingerprint density at radius 2 is 1.82 bits per heavy atom. The van der Waals surface area contributed by atoms with E-state index in [9.17, 15) is 4.79 Å². The summed E-state index contributed by atoms with van der Waals surface area (Å²) in [4.78, 5) is 12.6. The van der Waals surface area contributed by atoms with Gasteiger partial charge in [-0.1, -0.05) is 19.3 Å². The molecule has 0 spiro atoms. The second kappa shape index (κ2) is 6.10. The number of ether oxygens (including phenoxy) is 1. The minimum absolute atomic E-state index is 0.0212. The van der Waals surface area contributed by atoms with E-state index in [-0.39, 0.29) is 23.3 Å². The van der Waals surface area contributed by atoms with Crippen LogP contribution >= 0.6 is 0 Å². The molecule has 1 aliphatic heterocycles. The smallest absolute Gasteiger partial charge is 0.311 e. The van der Waals surface area contributed by atoms with Gasteiger partial charge in [0.1, 0.15) is 11.3 Å². The Hall–Kier alpha value is -0.640. The fourth-order valence-electron chi connectivity index (χ4n) is 4.11. The largest absolute Gasteiger partial charge is 0.460 e. The van der Waals surface area contributed by atoms with E-state index in [4.69, 9.17) is 4.74 Å². The molecule has 0 aromatic heterocycles. The molecule has 0 radical (unpaired) electrons. The fraction of sp³-hybridized carbons (Fsp3) is 0.944. The Kier molecular flexibility index (Phi) is 4.91. The fourth-order valence-corrected chi connectivity index (χ4v) is 4.11. The first-order chi connectivity index (χ1) is 10.0. The van der Waals surface area contributed by atoms with Crippen LogP contribution in [0.15, 0.2) is 0 Å². The quantitative estimate of drug-likeness (QED) is 0.800. The molecule has 1 N–H and O–H groups in total. The van der Waals surface area contributed by atoms with Gasteiger partial charge in [0.2, 0.25) is 0 Å². The molecule has 1 saturated heterocycles. The molecule has 0 aromatic carbocycles. The average molecular weight is 313 g/mol. The summed E-state index contributed by atoms with van der Waals surface area (Å²) >= 11 is 0. The van der Waals surface area contributed by atoms with Gasteiger partial charge in [-0.3, -0.25) is 4.79 Å². The SMILES string of the molecule is CC(C)(C)OC(=O)[C@H]1[C@H](CC2(F)CCCCC2)CNC1(C)C. The van der Waals surface area contributed by atoms with Gasteiger partial charge in [0.25, 0.3) is 0 Å². The first-order valence-electron chi connectivity index (χ1n) is 8.69. The lowest BCUT2D eigenvalue weighted by Gasteiger charge is -2.35. The summed E-state index contributed by atoms with van der Waals surface area (Å²) in [7, 11) is 0. The number of carbonyl (C=O) groups excluding carboxylic acids is 1. The van der Waals surface area contributed by atoms with Crippen molar-refractivity contribution in [3.05, 3.63) is 0 Å². The molecule has 0 bridgehead atoms. The number of hydrogen-bond acceptors (Lipinski definition) is 3. The summed E-state index contributed by atoms with van der Waals surface area (Å²) in [6.07, 6.45) is 4.84. The predicted octanol–water partition coefficient (Wildman–Crippen LogP) is 4.00. The van der Waals surface area contributed by atoms with Crippen LogP contribution in [-0.2, 0) is 9.53 Å². The maximum absolute atomic E-state index is 15.1. The zero-order chi connectivity index (χ0) is 16.6. The highest BCUT2D eigenvalue weighted by Crippen LogP contribution is 2.43. The third-order valence-electron chi connectivity index (χ3n) is 5.11. The van der Waals surface area contributed by atoms with Crippen molar-refractivity contribution >= 4 is 5.97 Å². The molecule has 128 valence electrons. The third-order valence-corrected chi connectivity index (χ3v) is 5.11. The van der Waals surface area contributed by atoms with Crippen LogP contribution < -0.4 is 5.32 Å². The number of halogens is 1. The highest BCUT2D eigenvalue weighted by molar-refractivity contribution is 5.75. The maximum atomic E-state index is 15.1. The molecule has 0 amide bonds. The molecule has 0 unspecified atom stereocenters. The first-order valence-corrected chi connectivity index (χ1v) is 8.69. The van der Waals surface area contributed by atoms with Gasteiger partial charge in [-0.25, -0.2) is 4.39 Å². The van der Waals surface area contributed by atoms with E-state index < -0.39 is 11.3 Å². The second-order valence-corrected chi connectivity index (χ2v) is 8.79. The summed E-state index contributed by atoms with van der Waals surface area (Å²) in [5.74, 6) is -0.443. The number of nitrogens with one attached hydrogen (secondary N) is 1. The number of esters is 1. The molecule has 2 atom stereocenters. The van der Waals surface area contributed by atoms with Crippen molar-refractivity contribution in [3.63, 3.8) is 0 Å². The molecule has 2 aliphatic rings. The number of carbonyl (C=O) groups is 1. The standard InChI is InChI=1S/C18H32FNO2/c1-16(2,3)22-15(21)14-13(12-20-17(14,4)5)11-18(19)9-7-6-8-10-18/h13-14,20H,6-12H2,1-5H3/t13-,14-/m1/s1. The van der Waals surface area contributed by atoms with Crippen LogP contribution in [0.4, 0.5) is 4.39 Å². The lowest BCUT2D eigenvalue weighted by atomic mass is 9.74. The van der Waals surface area contributed by atoms with Crippen LogP contribution in [0.25, 0.3) is 0 Å². The van der Waals surface area contributed by atoms with E-state index in [1.165, 1.54) is 0 Å². The van der Waals surface area contributed by atoms with Gasteiger partial charge in [-0.15, -0.1) is 0 Å². The van der Waals surface area contributed by atoms with Crippen LogP contribution in [0.3, 0.4) is 0 Å². The zero-order valence-electron chi connectivity index (χ0n) is 14.8. The van der Waals surface area contributed by atoms with Crippen molar-refractivity contribution in [2.75, 3.05) is 6.54 Å². The van der Waals surface area contributed by atoms with Crippen LogP contribution in [0.2, 0.25) is 0 Å². The van der Waals surface area contributed by atoms with Crippen molar-refractivity contribution in [1.29, 1.82) is 0 Å². The summed E-state index contributed by atoms with van der Waals surface area (Å²) in [5, 5.41) is 3.40. The average Bonchev–Trinajstić information content (AvgIpc) is 2.62. The third kappa shape index (κ3) is 4.21. The minimum Gasteiger partial charge on any atom is -0.460 e. The Morgan fingerprint density at radius 3 is 2.36 bits per heavy atom. The Labute approximate surface area is 134 Å². The molecule has 1 saturated carbocycles. The van der Waals surface area contributed by atoms with Crippen molar-refractivity contribution in [2.45, 2.75) is 90.0 Å². The predicted molar refractivity (Wildman–Crippen MR) is 86.4 cm³/mol. The highest BCUT2D eigenvalue weighted by atomic mass is 19.1. The van der Waals surface area contributed by atoms with E-state index in [0.29, 0.717) is 25.8 Å². The van der Waals surface area contributed by atoms with Crippen LogP contribution in [0, 0.1) is 11.8 Å². The Balaban J connectivity index is 2.10. The number of alkyl halides is 1. The number of hydrogen-bond donors (Lipinski definition) is 1. The van der Waals surface area contributed by atoms with Gasteiger partial charge >= 0.3 is 5.97 Å². The van der Waals surface area contributed by atoms with E-state index in [2.05, 4.69) is 5.32 Å². The van der Waals surface area contributed by atoms with Crippen LogP contribution in [0.1, 0.15) is 73.1 Å². The van der Waals surface area contributed by atoms with E-state index >= 15 is 4.39 Å². The lowest BCUT2D eigenvalue weighted by molar-refractivity contribution is -0.163. The van der Waals surface area contributed by atoms with Gasteiger partial charge in [-0.05, 0) is 66.3 Å². The zero-order valence-corrected chi connectivity index (χ0v) is 14.8.